The number of aromatic nitrogens is 1. The Morgan fingerprint density at radius 1 is 1.26 bits per heavy atom. The quantitative estimate of drug-likeness (QED) is 0.926. The molecule has 2 fully saturated rings. The van der Waals surface area contributed by atoms with Crippen molar-refractivity contribution in [1.82, 2.24) is 15.2 Å². The van der Waals surface area contributed by atoms with Crippen LogP contribution in [-0.4, -0.2) is 54.3 Å². The summed E-state index contributed by atoms with van der Waals surface area (Å²) in [7, 11) is 0. The van der Waals surface area contributed by atoms with Gasteiger partial charge in [-0.3, -0.25) is 0 Å². The highest BCUT2D eigenvalue weighted by Gasteiger charge is 2.25. The Kier molecular flexibility index (Phi) is 5.00. The maximum atomic E-state index is 12.3. The zero-order chi connectivity index (χ0) is 16.2. The van der Waals surface area contributed by atoms with Crippen LogP contribution in [0.25, 0.3) is 0 Å². The predicted octanol–water partition coefficient (Wildman–Crippen LogP) is 2.00. The number of nitrogens with zero attached hydrogens (tertiary/aromatic N) is 3. The van der Waals surface area contributed by atoms with Crippen LogP contribution in [-0.2, 0) is 11.3 Å². The van der Waals surface area contributed by atoms with Crippen molar-refractivity contribution in [3.63, 3.8) is 0 Å². The first-order valence-corrected chi connectivity index (χ1v) is 8.50. The van der Waals surface area contributed by atoms with E-state index < -0.39 is 0 Å². The van der Waals surface area contributed by atoms with Crippen molar-refractivity contribution >= 4 is 11.8 Å². The van der Waals surface area contributed by atoms with Gasteiger partial charge in [0.1, 0.15) is 5.82 Å². The summed E-state index contributed by atoms with van der Waals surface area (Å²) in [6.07, 6.45) is 4.53. The molecule has 6 nitrogen and oxygen atoms in total. The van der Waals surface area contributed by atoms with Crippen LogP contribution in [0, 0.1) is 0 Å². The molecule has 2 aliphatic heterocycles. The van der Waals surface area contributed by atoms with Gasteiger partial charge in [-0.1, -0.05) is 6.07 Å². The number of anilines is 1. The number of nitrogens with one attached hydrogen (secondary N) is 1. The normalized spacial score (nSPS) is 24.8. The van der Waals surface area contributed by atoms with Gasteiger partial charge < -0.3 is 19.9 Å². The summed E-state index contributed by atoms with van der Waals surface area (Å²) in [5.41, 5.74) is 1.02. The Morgan fingerprint density at radius 2 is 1.96 bits per heavy atom. The predicted molar refractivity (Wildman–Crippen MR) is 89.5 cm³/mol. The lowest BCUT2D eigenvalue weighted by Crippen LogP contribution is -2.51. The molecule has 1 aromatic heterocycles. The van der Waals surface area contributed by atoms with E-state index in [2.05, 4.69) is 15.2 Å². The molecule has 3 rings (SSSR count). The van der Waals surface area contributed by atoms with Gasteiger partial charge in [0, 0.05) is 38.9 Å². The second kappa shape index (κ2) is 7.17. The summed E-state index contributed by atoms with van der Waals surface area (Å²) in [6, 6.07) is 4.06. The molecule has 0 aromatic carbocycles. The lowest BCUT2D eigenvalue weighted by atomic mass is 10.2. The number of ether oxygens (including phenoxy) is 1. The van der Waals surface area contributed by atoms with Crippen molar-refractivity contribution in [2.75, 3.05) is 31.1 Å². The molecule has 0 unspecified atom stereocenters. The molecule has 0 aliphatic carbocycles. The minimum atomic E-state index is -0.0318. The van der Waals surface area contributed by atoms with Gasteiger partial charge in [0.05, 0.1) is 12.2 Å². The number of morpholine rings is 1. The van der Waals surface area contributed by atoms with Gasteiger partial charge >= 0.3 is 6.03 Å². The lowest BCUT2D eigenvalue weighted by molar-refractivity contribution is -0.0545. The van der Waals surface area contributed by atoms with Crippen LogP contribution in [0.15, 0.2) is 18.3 Å². The van der Waals surface area contributed by atoms with Gasteiger partial charge in [-0.15, -0.1) is 0 Å². The molecule has 1 N–H and O–H groups in total. The van der Waals surface area contributed by atoms with E-state index in [9.17, 15) is 4.79 Å². The zero-order valence-electron chi connectivity index (χ0n) is 14.0. The molecule has 2 atom stereocenters. The molecule has 3 heterocycles. The van der Waals surface area contributed by atoms with Crippen LogP contribution in [0.3, 0.4) is 0 Å². The fourth-order valence-electron chi connectivity index (χ4n) is 3.29. The lowest BCUT2D eigenvalue weighted by Gasteiger charge is -2.35. The smallest absolute Gasteiger partial charge is 0.317 e. The van der Waals surface area contributed by atoms with Crippen molar-refractivity contribution in [1.29, 1.82) is 0 Å². The third-order valence-corrected chi connectivity index (χ3v) is 4.39. The van der Waals surface area contributed by atoms with Gasteiger partial charge in [-0.25, -0.2) is 9.78 Å². The van der Waals surface area contributed by atoms with Crippen LogP contribution >= 0.6 is 0 Å². The Bertz CT molecular complexity index is 518. The Hall–Kier alpha value is -1.82. The molecule has 2 saturated heterocycles. The number of rotatable bonds is 3. The first-order chi connectivity index (χ1) is 11.1. The van der Waals surface area contributed by atoms with Crippen molar-refractivity contribution in [3.05, 3.63) is 23.9 Å². The number of urea groups is 1. The molecule has 126 valence electrons. The van der Waals surface area contributed by atoms with E-state index in [4.69, 9.17) is 4.74 Å². The topological polar surface area (TPSA) is 57.7 Å². The molecular weight excluding hydrogens is 292 g/mol. The highest BCUT2D eigenvalue weighted by Crippen LogP contribution is 2.17. The standard InChI is InChI=1S/C17H26N4O2/c1-13-11-21(12-14(2)23-13)17(22)19-10-15-5-6-16(18-9-15)20-7-3-4-8-20/h5-6,9,13-14H,3-4,7-8,10-12H2,1-2H3,(H,19,22)/t13-,14-/m0/s1. The molecule has 0 spiro atoms. The van der Waals surface area contributed by atoms with E-state index in [0.29, 0.717) is 19.6 Å². The first kappa shape index (κ1) is 16.1. The zero-order valence-corrected chi connectivity index (χ0v) is 14.0. The Labute approximate surface area is 137 Å². The van der Waals surface area contributed by atoms with Gasteiger partial charge in [-0.2, -0.15) is 0 Å². The van der Waals surface area contributed by atoms with Gasteiger partial charge in [0.2, 0.25) is 0 Å². The maximum Gasteiger partial charge on any atom is 0.317 e. The van der Waals surface area contributed by atoms with Crippen molar-refractivity contribution in [2.24, 2.45) is 0 Å². The van der Waals surface area contributed by atoms with Crippen molar-refractivity contribution in [3.8, 4) is 0 Å². The molecule has 6 heteroatoms. The average Bonchev–Trinajstić information content (AvgIpc) is 3.06. The van der Waals surface area contributed by atoms with Crippen LogP contribution in [0.1, 0.15) is 32.3 Å². The summed E-state index contributed by atoms with van der Waals surface area (Å²) in [6.45, 7) is 7.97. The summed E-state index contributed by atoms with van der Waals surface area (Å²) in [4.78, 5) is 20.9. The molecule has 0 radical (unpaired) electrons. The second-order valence-electron chi connectivity index (χ2n) is 6.54. The van der Waals surface area contributed by atoms with Gasteiger partial charge in [0.25, 0.3) is 0 Å². The largest absolute Gasteiger partial charge is 0.372 e. The highest BCUT2D eigenvalue weighted by atomic mass is 16.5. The summed E-state index contributed by atoms with van der Waals surface area (Å²) in [5.74, 6) is 1.04. The maximum absolute atomic E-state index is 12.3. The minimum absolute atomic E-state index is 0.0318. The monoisotopic (exact) mass is 318 g/mol. The summed E-state index contributed by atoms with van der Waals surface area (Å²) < 4.78 is 5.65. The van der Waals surface area contributed by atoms with E-state index in [0.717, 1.165) is 24.5 Å². The first-order valence-electron chi connectivity index (χ1n) is 8.50. The SMILES string of the molecule is C[C@H]1CN(C(=O)NCc2ccc(N3CCCC3)nc2)C[C@H](C)O1. The van der Waals surface area contributed by atoms with Crippen molar-refractivity contribution in [2.45, 2.75) is 45.4 Å². The summed E-state index contributed by atoms with van der Waals surface area (Å²) >= 11 is 0. The molecule has 0 bridgehead atoms. The number of amides is 2. The number of hydrogen-bond acceptors (Lipinski definition) is 4. The van der Waals surface area contributed by atoms with E-state index in [1.165, 1.54) is 12.8 Å². The molecular formula is C17H26N4O2. The van der Waals surface area contributed by atoms with Crippen LogP contribution in [0.2, 0.25) is 0 Å². The third-order valence-electron chi connectivity index (χ3n) is 4.39. The number of carbonyl (C=O) groups excluding carboxylic acids is 1. The van der Waals surface area contributed by atoms with Crippen LogP contribution < -0.4 is 10.2 Å². The fourth-order valence-corrected chi connectivity index (χ4v) is 3.29. The third kappa shape index (κ3) is 4.13. The van der Waals surface area contributed by atoms with Crippen LogP contribution in [0.4, 0.5) is 10.6 Å². The van der Waals surface area contributed by atoms with E-state index in [-0.39, 0.29) is 18.2 Å². The van der Waals surface area contributed by atoms with E-state index in [1.807, 2.05) is 37.1 Å². The number of carbonyl (C=O) groups is 1. The Morgan fingerprint density at radius 3 is 2.57 bits per heavy atom. The van der Waals surface area contributed by atoms with Gasteiger partial charge in [0.15, 0.2) is 0 Å². The Balaban J connectivity index is 1.50. The number of pyridine rings is 1. The molecule has 0 saturated carbocycles. The molecule has 2 aliphatic rings. The number of hydrogen-bond donors (Lipinski definition) is 1. The molecule has 1 aromatic rings. The van der Waals surface area contributed by atoms with Crippen LogP contribution in [0.5, 0.6) is 0 Å². The minimum Gasteiger partial charge on any atom is -0.372 e. The van der Waals surface area contributed by atoms with E-state index >= 15 is 0 Å². The fraction of sp³-hybridized carbons (Fsp3) is 0.647. The summed E-state index contributed by atoms with van der Waals surface area (Å²) in [5, 5.41) is 2.98. The highest BCUT2D eigenvalue weighted by molar-refractivity contribution is 5.74. The average molecular weight is 318 g/mol. The van der Waals surface area contributed by atoms with Gasteiger partial charge in [-0.05, 0) is 38.3 Å². The molecule has 23 heavy (non-hydrogen) atoms. The van der Waals surface area contributed by atoms with E-state index in [1.54, 1.807) is 0 Å². The van der Waals surface area contributed by atoms with Crippen molar-refractivity contribution < 1.29 is 9.53 Å². The second-order valence-corrected chi connectivity index (χ2v) is 6.54. The molecule has 2 amide bonds.